The van der Waals surface area contributed by atoms with Crippen LogP contribution in [0, 0.1) is 3.57 Å². The lowest BCUT2D eigenvalue weighted by Crippen LogP contribution is -2.44. The highest BCUT2D eigenvalue weighted by Gasteiger charge is 2.20. The van der Waals surface area contributed by atoms with Crippen molar-refractivity contribution in [2.75, 3.05) is 6.61 Å². The van der Waals surface area contributed by atoms with Crippen molar-refractivity contribution in [1.82, 2.24) is 5.32 Å². The summed E-state index contributed by atoms with van der Waals surface area (Å²) in [5.41, 5.74) is 0.797. The number of carbonyl (C=O) groups excluding carboxylic acids is 2. The standard InChI is InChI=1S/C13H14INO5/c1-8(16)20-7-12(17)15-11(13(18)19)6-9-2-4-10(14)5-3-9/h2-5,11H,6-7H2,1H3,(H,15,17)(H,18,19)/t11-/m1/s1. The van der Waals surface area contributed by atoms with E-state index in [2.05, 4.69) is 32.6 Å². The summed E-state index contributed by atoms with van der Waals surface area (Å²) in [7, 11) is 0. The van der Waals surface area contributed by atoms with Gasteiger partial charge in [0.15, 0.2) is 6.61 Å². The Kier molecular flexibility index (Phi) is 6.43. The number of rotatable bonds is 6. The van der Waals surface area contributed by atoms with E-state index < -0.39 is 30.5 Å². The molecule has 0 heterocycles. The van der Waals surface area contributed by atoms with E-state index in [1.807, 2.05) is 12.1 Å². The Morgan fingerprint density at radius 2 is 1.90 bits per heavy atom. The number of carboxylic acid groups (broad SMARTS) is 1. The molecule has 1 atom stereocenters. The summed E-state index contributed by atoms with van der Waals surface area (Å²) in [6, 6.07) is 6.26. The molecular weight excluding hydrogens is 377 g/mol. The molecule has 0 fully saturated rings. The minimum atomic E-state index is -1.14. The van der Waals surface area contributed by atoms with Gasteiger partial charge in [0.1, 0.15) is 6.04 Å². The van der Waals surface area contributed by atoms with Gasteiger partial charge in [-0.2, -0.15) is 0 Å². The van der Waals surface area contributed by atoms with Gasteiger partial charge in [-0.25, -0.2) is 4.79 Å². The van der Waals surface area contributed by atoms with Crippen LogP contribution in [0.15, 0.2) is 24.3 Å². The maximum absolute atomic E-state index is 11.5. The Bertz CT molecular complexity index is 500. The second-order valence-corrected chi connectivity index (χ2v) is 5.31. The van der Waals surface area contributed by atoms with Crippen LogP contribution < -0.4 is 5.32 Å². The number of benzene rings is 1. The van der Waals surface area contributed by atoms with Gasteiger partial charge in [0, 0.05) is 16.9 Å². The summed E-state index contributed by atoms with van der Waals surface area (Å²) >= 11 is 2.15. The normalized spacial score (nSPS) is 11.5. The Balaban J connectivity index is 2.60. The number of carbonyl (C=O) groups is 3. The van der Waals surface area contributed by atoms with Crippen LogP contribution in [0.1, 0.15) is 12.5 Å². The molecule has 7 heteroatoms. The molecular formula is C13H14INO5. The zero-order valence-electron chi connectivity index (χ0n) is 10.8. The topological polar surface area (TPSA) is 92.7 Å². The van der Waals surface area contributed by atoms with E-state index in [1.165, 1.54) is 6.92 Å². The molecule has 1 rings (SSSR count). The van der Waals surface area contributed by atoms with Crippen LogP contribution in [0.25, 0.3) is 0 Å². The lowest BCUT2D eigenvalue weighted by Gasteiger charge is -2.14. The Hall–Kier alpha value is -1.64. The van der Waals surface area contributed by atoms with Crippen molar-refractivity contribution in [2.24, 2.45) is 0 Å². The van der Waals surface area contributed by atoms with Crippen molar-refractivity contribution in [3.8, 4) is 0 Å². The SMILES string of the molecule is CC(=O)OCC(=O)N[C@H](Cc1ccc(I)cc1)C(=O)O. The molecule has 0 bridgehead atoms. The van der Waals surface area contributed by atoms with Crippen molar-refractivity contribution >= 4 is 40.4 Å². The van der Waals surface area contributed by atoms with E-state index in [1.54, 1.807) is 12.1 Å². The average Bonchev–Trinajstić information content (AvgIpc) is 2.38. The molecule has 1 aromatic rings. The van der Waals surface area contributed by atoms with Crippen molar-refractivity contribution in [2.45, 2.75) is 19.4 Å². The predicted octanol–water partition coefficient (Wildman–Crippen LogP) is 0.966. The van der Waals surface area contributed by atoms with E-state index >= 15 is 0 Å². The van der Waals surface area contributed by atoms with E-state index in [0.29, 0.717) is 0 Å². The van der Waals surface area contributed by atoms with Crippen LogP contribution in [0.4, 0.5) is 0 Å². The highest BCUT2D eigenvalue weighted by atomic mass is 127. The zero-order chi connectivity index (χ0) is 15.1. The first-order valence-corrected chi connectivity index (χ1v) is 6.86. The van der Waals surface area contributed by atoms with Crippen LogP contribution >= 0.6 is 22.6 Å². The molecule has 0 spiro atoms. The maximum atomic E-state index is 11.5. The number of aliphatic carboxylic acids is 1. The molecule has 0 unspecified atom stereocenters. The fourth-order valence-corrected chi connectivity index (χ4v) is 1.82. The van der Waals surface area contributed by atoms with Crippen LogP contribution in [-0.2, 0) is 25.5 Å². The van der Waals surface area contributed by atoms with E-state index in [-0.39, 0.29) is 6.42 Å². The second-order valence-electron chi connectivity index (χ2n) is 4.07. The first kappa shape index (κ1) is 16.4. The molecule has 1 aromatic carbocycles. The number of ether oxygens (including phenoxy) is 1. The number of hydrogen-bond acceptors (Lipinski definition) is 4. The largest absolute Gasteiger partial charge is 0.480 e. The van der Waals surface area contributed by atoms with Crippen molar-refractivity contribution in [3.63, 3.8) is 0 Å². The summed E-state index contributed by atoms with van der Waals surface area (Å²) in [5, 5.41) is 11.4. The van der Waals surface area contributed by atoms with E-state index in [4.69, 9.17) is 5.11 Å². The molecule has 0 aromatic heterocycles. The van der Waals surface area contributed by atoms with Crippen LogP contribution in [0.5, 0.6) is 0 Å². The van der Waals surface area contributed by atoms with Crippen LogP contribution in [0.3, 0.4) is 0 Å². The van der Waals surface area contributed by atoms with E-state index in [9.17, 15) is 14.4 Å². The quantitative estimate of drug-likeness (QED) is 0.557. The highest BCUT2D eigenvalue weighted by molar-refractivity contribution is 14.1. The lowest BCUT2D eigenvalue weighted by molar-refractivity contribution is -0.148. The number of esters is 1. The minimum Gasteiger partial charge on any atom is -0.480 e. The molecule has 20 heavy (non-hydrogen) atoms. The fourth-order valence-electron chi connectivity index (χ4n) is 1.46. The van der Waals surface area contributed by atoms with Gasteiger partial charge in [-0.05, 0) is 40.3 Å². The molecule has 0 aliphatic heterocycles. The van der Waals surface area contributed by atoms with Gasteiger partial charge in [-0.3, -0.25) is 9.59 Å². The first-order chi connectivity index (χ1) is 9.38. The number of nitrogens with one attached hydrogen (secondary N) is 1. The summed E-state index contributed by atoms with van der Waals surface area (Å²) in [4.78, 5) is 33.1. The summed E-state index contributed by atoms with van der Waals surface area (Å²) in [6.07, 6.45) is 0.165. The maximum Gasteiger partial charge on any atom is 0.326 e. The molecule has 1 amide bonds. The number of hydrogen-bond donors (Lipinski definition) is 2. The van der Waals surface area contributed by atoms with Gasteiger partial charge in [0.05, 0.1) is 0 Å². The first-order valence-electron chi connectivity index (χ1n) is 5.78. The molecule has 0 saturated heterocycles. The third-order valence-electron chi connectivity index (χ3n) is 2.39. The summed E-state index contributed by atoms with van der Waals surface area (Å²) < 4.78 is 5.54. The molecule has 6 nitrogen and oxygen atoms in total. The predicted molar refractivity (Wildman–Crippen MR) is 79.1 cm³/mol. The highest BCUT2D eigenvalue weighted by Crippen LogP contribution is 2.09. The Morgan fingerprint density at radius 1 is 1.30 bits per heavy atom. The molecule has 0 aliphatic carbocycles. The van der Waals surface area contributed by atoms with Crippen LogP contribution in [-0.4, -0.2) is 35.6 Å². The van der Waals surface area contributed by atoms with Gasteiger partial charge in [0.25, 0.3) is 5.91 Å². The van der Waals surface area contributed by atoms with Crippen LogP contribution in [0.2, 0.25) is 0 Å². The van der Waals surface area contributed by atoms with Gasteiger partial charge < -0.3 is 15.2 Å². The second kappa shape index (κ2) is 7.83. The Morgan fingerprint density at radius 3 is 2.40 bits per heavy atom. The summed E-state index contributed by atoms with van der Waals surface area (Å²) in [5.74, 6) is -2.37. The van der Waals surface area contributed by atoms with Gasteiger partial charge >= 0.3 is 11.9 Å². The van der Waals surface area contributed by atoms with Crippen molar-refractivity contribution in [3.05, 3.63) is 33.4 Å². The molecule has 2 N–H and O–H groups in total. The van der Waals surface area contributed by atoms with Crippen molar-refractivity contribution in [1.29, 1.82) is 0 Å². The smallest absolute Gasteiger partial charge is 0.326 e. The van der Waals surface area contributed by atoms with Gasteiger partial charge in [-0.15, -0.1) is 0 Å². The van der Waals surface area contributed by atoms with Crippen molar-refractivity contribution < 1.29 is 24.2 Å². The van der Waals surface area contributed by atoms with E-state index in [0.717, 1.165) is 9.13 Å². The zero-order valence-corrected chi connectivity index (χ0v) is 12.9. The van der Waals surface area contributed by atoms with Gasteiger partial charge in [-0.1, -0.05) is 12.1 Å². The number of amides is 1. The third kappa shape index (κ3) is 6.00. The number of halogens is 1. The van der Waals surface area contributed by atoms with Gasteiger partial charge in [0.2, 0.25) is 0 Å². The fraction of sp³-hybridized carbons (Fsp3) is 0.308. The number of carboxylic acids is 1. The molecule has 0 saturated carbocycles. The minimum absolute atomic E-state index is 0.165. The molecule has 108 valence electrons. The summed E-state index contributed by atoms with van der Waals surface area (Å²) in [6.45, 7) is 0.694. The Labute approximate surface area is 129 Å². The lowest BCUT2D eigenvalue weighted by atomic mass is 10.1. The third-order valence-corrected chi connectivity index (χ3v) is 3.11. The monoisotopic (exact) mass is 391 g/mol. The molecule has 0 radical (unpaired) electrons. The molecule has 0 aliphatic rings. The average molecular weight is 391 g/mol.